The van der Waals surface area contributed by atoms with Crippen LogP contribution in [-0.4, -0.2) is 109 Å². The summed E-state index contributed by atoms with van der Waals surface area (Å²) in [5.41, 5.74) is 0. The zero-order chi connectivity index (χ0) is 27.3. The van der Waals surface area contributed by atoms with Gasteiger partial charge in [0.1, 0.15) is 12.5 Å². The molecule has 12 heteroatoms. The van der Waals surface area contributed by atoms with Crippen LogP contribution in [0.2, 0.25) is 0 Å². The van der Waals surface area contributed by atoms with Crippen LogP contribution in [0.4, 0.5) is 4.39 Å². The summed E-state index contributed by atoms with van der Waals surface area (Å²) in [5, 5.41) is 30.2. The maximum absolute atomic E-state index is 14.7. The van der Waals surface area contributed by atoms with Crippen molar-refractivity contribution in [2.75, 3.05) is 52.5 Å². The zero-order valence-corrected chi connectivity index (χ0v) is 23.1. The molecule has 0 aromatic heterocycles. The lowest BCUT2D eigenvalue weighted by Crippen LogP contribution is -2.62. The van der Waals surface area contributed by atoms with Crippen LogP contribution >= 0.6 is 11.6 Å². The van der Waals surface area contributed by atoms with E-state index >= 15 is 0 Å². The first kappa shape index (κ1) is 31.4. The van der Waals surface area contributed by atoms with Crippen molar-refractivity contribution < 1.29 is 28.9 Å². The highest BCUT2D eigenvalue weighted by atomic mass is 35.5. The molecule has 2 amide bonds. The number of nitrogens with zero attached hydrogens (tertiary/aromatic N) is 1. The lowest BCUT2D eigenvalue weighted by atomic mass is 9.83. The van der Waals surface area contributed by atoms with Gasteiger partial charge in [-0.25, -0.2) is 4.39 Å². The minimum absolute atomic E-state index is 0.0326. The summed E-state index contributed by atoms with van der Waals surface area (Å²) in [6, 6.07) is -0.705. The number of aliphatic hydroxyl groups is 2. The molecule has 10 nitrogen and oxygen atoms in total. The number of hydrogen-bond donors (Lipinski definition) is 6. The predicted octanol–water partition coefficient (Wildman–Crippen LogP) is 0.452. The van der Waals surface area contributed by atoms with Gasteiger partial charge < -0.3 is 25.6 Å². The Kier molecular flexibility index (Phi) is 14.0. The standard InChI is InChI=1S/C26H47ClFN5O5/c27-20-14-30-26(31-15-20)33-9-6-18(7-10-33)2-1-11-38-22-4-3-19(23(28)13-22)12-25(37)29-8-5-24(36)32-21(16-34)17-35/h18-23,26,30-31,34-35H,1-17H2,(H,29,37)(H,32,36). The molecule has 0 spiro atoms. The average molecular weight is 564 g/mol. The number of hydrogen-bond acceptors (Lipinski definition) is 8. The van der Waals surface area contributed by atoms with Crippen LogP contribution in [0.1, 0.15) is 57.8 Å². The van der Waals surface area contributed by atoms with Gasteiger partial charge in [-0.2, -0.15) is 0 Å². The van der Waals surface area contributed by atoms with Gasteiger partial charge in [0.25, 0.3) is 0 Å². The maximum Gasteiger partial charge on any atom is 0.222 e. The summed E-state index contributed by atoms with van der Waals surface area (Å²) in [6.07, 6.45) is 5.38. The molecule has 3 fully saturated rings. The van der Waals surface area contributed by atoms with E-state index in [-0.39, 0.29) is 68.1 Å². The van der Waals surface area contributed by atoms with Crippen molar-refractivity contribution in [2.24, 2.45) is 11.8 Å². The third-order valence-corrected chi connectivity index (χ3v) is 8.29. The van der Waals surface area contributed by atoms with Crippen LogP contribution in [0.25, 0.3) is 0 Å². The largest absolute Gasteiger partial charge is 0.394 e. The molecular weight excluding hydrogens is 517 g/mol. The Balaban J connectivity index is 1.21. The quantitative estimate of drug-likeness (QED) is 0.132. The summed E-state index contributed by atoms with van der Waals surface area (Å²) in [7, 11) is 0. The van der Waals surface area contributed by atoms with E-state index in [0.29, 0.717) is 25.4 Å². The highest BCUT2D eigenvalue weighted by Gasteiger charge is 2.32. The Morgan fingerprint density at radius 2 is 1.79 bits per heavy atom. The fourth-order valence-electron chi connectivity index (χ4n) is 5.60. The summed E-state index contributed by atoms with van der Waals surface area (Å²) in [5.74, 6) is -0.260. The van der Waals surface area contributed by atoms with Crippen molar-refractivity contribution in [1.29, 1.82) is 0 Å². The number of carbonyl (C=O) groups excluding carboxylic acids is 2. The lowest BCUT2D eigenvalue weighted by Gasteiger charge is -2.41. The molecule has 3 unspecified atom stereocenters. The van der Waals surface area contributed by atoms with Gasteiger partial charge in [0.2, 0.25) is 11.8 Å². The summed E-state index contributed by atoms with van der Waals surface area (Å²) < 4.78 is 20.8. The molecule has 6 N–H and O–H groups in total. The third kappa shape index (κ3) is 10.8. The van der Waals surface area contributed by atoms with Crippen molar-refractivity contribution in [3.63, 3.8) is 0 Å². The van der Waals surface area contributed by atoms with Gasteiger partial charge in [-0.05, 0) is 50.4 Å². The molecule has 0 aromatic rings. The number of nitrogens with one attached hydrogen (secondary N) is 4. The molecule has 3 rings (SSSR count). The fourth-order valence-corrected chi connectivity index (χ4v) is 5.78. The lowest BCUT2D eigenvalue weighted by molar-refractivity contribution is -0.124. The van der Waals surface area contributed by atoms with Crippen LogP contribution in [0.15, 0.2) is 0 Å². The van der Waals surface area contributed by atoms with Crippen LogP contribution < -0.4 is 21.3 Å². The number of alkyl halides is 2. The highest BCUT2D eigenvalue weighted by molar-refractivity contribution is 6.21. The van der Waals surface area contributed by atoms with Gasteiger partial charge >= 0.3 is 0 Å². The van der Waals surface area contributed by atoms with Crippen molar-refractivity contribution in [3.05, 3.63) is 0 Å². The van der Waals surface area contributed by atoms with E-state index < -0.39 is 12.2 Å². The molecule has 0 aromatic carbocycles. The third-order valence-electron chi connectivity index (χ3n) is 7.98. The average Bonchev–Trinajstić information content (AvgIpc) is 2.92. The molecule has 2 heterocycles. The predicted molar refractivity (Wildman–Crippen MR) is 143 cm³/mol. The number of likely N-dealkylation sites (tertiary alicyclic amines) is 1. The Morgan fingerprint density at radius 1 is 1.08 bits per heavy atom. The van der Waals surface area contributed by atoms with Crippen LogP contribution in [-0.2, 0) is 14.3 Å². The number of piperidine rings is 1. The van der Waals surface area contributed by atoms with Gasteiger partial charge in [-0.1, -0.05) is 0 Å². The van der Waals surface area contributed by atoms with E-state index in [2.05, 4.69) is 26.2 Å². The molecule has 0 bridgehead atoms. The Morgan fingerprint density at radius 3 is 2.45 bits per heavy atom. The second kappa shape index (κ2) is 16.9. The first-order chi connectivity index (χ1) is 18.4. The first-order valence-electron chi connectivity index (χ1n) is 14.3. The highest BCUT2D eigenvalue weighted by Crippen LogP contribution is 2.31. The van der Waals surface area contributed by atoms with E-state index in [1.165, 1.54) is 12.8 Å². The van der Waals surface area contributed by atoms with E-state index in [1.807, 2.05) is 0 Å². The number of amides is 2. The van der Waals surface area contributed by atoms with Crippen molar-refractivity contribution in [3.8, 4) is 0 Å². The Labute approximate surface area is 230 Å². The number of rotatable bonds is 14. The Hall–Kier alpha value is -1.08. The van der Waals surface area contributed by atoms with Crippen LogP contribution in [0, 0.1) is 11.8 Å². The van der Waals surface area contributed by atoms with E-state index in [9.17, 15) is 14.0 Å². The SMILES string of the molecule is O=C(CC1CCC(OCCCC2CCN(C3NCC(Cl)CN3)CC2)CC1F)NCCC(=O)NC(CO)CO. The second-order valence-electron chi connectivity index (χ2n) is 11.0. The number of aliphatic hydroxyl groups excluding tert-OH is 2. The minimum atomic E-state index is -1.07. The fraction of sp³-hybridized carbons (Fsp3) is 0.923. The first-order valence-corrected chi connectivity index (χ1v) is 14.7. The molecule has 1 saturated carbocycles. The molecule has 220 valence electrons. The number of ether oxygens (including phenoxy) is 1. The molecule has 2 saturated heterocycles. The Bertz CT molecular complexity index is 706. The van der Waals surface area contributed by atoms with Crippen LogP contribution in [0.5, 0.6) is 0 Å². The van der Waals surface area contributed by atoms with E-state index in [4.69, 9.17) is 26.6 Å². The van der Waals surface area contributed by atoms with Gasteiger partial charge in [0, 0.05) is 58.6 Å². The zero-order valence-electron chi connectivity index (χ0n) is 22.4. The van der Waals surface area contributed by atoms with Crippen molar-refractivity contribution in [1.82, 2.24) is 26.2 Å². The summed E-state index contributed by atoms with van der Waals surface area (Å²) in [4.78, 5) is 26.4. The summed E-state index contributed by atoms with van der Waals surface area (Å²) in [6.45, 7) is 3.90. The minimum Gasteiger partial charge on any atom is -0.394 e. The number of carbonyl (C=O) groups is 2. The smallest absolute Gasteiger partial charge is 0.222 e. The van der Waals surface area contributed by atoms with E-state index in [0.717, 1.165) is 45.4 Å². The van der Waals surface area contributed by atoms with Gasteiger partial charge in [-0.3, -0.25) is 25.1 Å². The molecule has 38 heavy (non-hydrogen) atoms. The van der Waals surface area contributed by atoms with Crippen molar-refractivity contribution >= 4 is 23.4 Å². The van der Waals surface area contributed by atoms with E-state index in [1.54, 1.807) is 0 Å². The summed E-state index contributed by atoms with van der Waals surface area (Å²) >= 11 is 6.14. The van der Waals surface area contributed by atoms with Crippen LogP contribution in [0.3, 0.4) is 0 Å². The monoisotopic (exact) mass is 563 g/mol. The normalized spacial score (nSPS) is 29.3. The molecular formula is C26H47ClFN5O5. The van der Waals surface area contributed by atoms with Gasteiger partial charge in [0.15, 0.2) is 0 Å². The number of halogens is 2. The van der Waals surface area contributed by atoms with Gasteiger partial charge in [-0.15, -0.1) is 11.6 Å². The molecule has 0 radical (unpaired) electrons. The second-order valence-corrected chi connectivity index (χ2v) is 11.6. The maximum atomic E-state index is 14.7. The topological polar surface area (TPSA) is 135 Å². The molecule has 3 aliphatic rings. The molecule has 1 aliphatic carbocycles. The van der Waals surface area contributed by atoms with Gasteiger partial charge in [0.05, 0.1) is 30.7 Å². The van der Waals surface area contributed by atoms with Crippen molar-refractivity contribution in [2.45, 2.75) is 87.8 Å². The molecule has 3 atom stereocenters. The molecule has 2 aliphatic heterocycles.